The van der Waals surface area contributed by atoms with Gasteiger partial charge in [0.05, 0.1) is 28.1 Å². The molecule has 0 spiro atoms. The minimum absolute atomic E-state index is 0.0844. The normalized spacial score (nSPS) is 12.7. The Morgan fingerprint density at radius 3 is 1.60 bits per heavy atom. The number of anilines is 4. The zero-order valence-corrected chi connectivity index (χ0v) is 51.3. The van der Waals surface area contributed by atoms with Crippen molar-refractivity contribution in [2.24, 2.45) is 0 Å². The summed E-state index contributed by atoms with van der Waals surface area (Å²) >= 11 is 0. The summed E-state index contributed by atoms with van der Waals surface area (Å²) in [5, 5.41) is 2.23. The highest BCUT2D eigenvalue weighted by Crippen LogP contribution is 2.54. The average molecular weight is 1140 g/mol. The molecule has 5 nitrogen and oxygen atoms in total. The predicted octanol–water partition coefficient (Wildman–Crippen LogP) is 22.7. The number of hydrogen-bond acceptors (Lipinski definition) is 4. The van der Waals surface area contributed by atoms with E-state index < -0.39 is 11.6 Å². The number of pyridine rings is 1. The van der Waals surface area contributed by atoms with Crippen LogP contribution in [-0.4, -0.2) is 16.2 Å². The van der Waals surface area contributed by atoms with E-state index in [0.29, 0.717) is 23.7 Å². The molecule has 3 heterocycles. The monoisotopic (exact) mass is 1140 g/mol. The molecule has 0 aliphatic carbocycles. The number of nitrogens with zero attached hydrogens (tertiary/aromatic N) is 4. The second-order valence-electron chi connectivity index (χ2n) is 26.0. The molecule has 7 heteroatoms. The lowest BCUT2D eigenvalue weighted by Crippen LogP contribution is -2.25. The molecule has 2 aromatic heterocycles. The third-order valence-electron chi connectivity index (χ3n) is 17.2. The topological polar surface area (TPSA) is 33.5 Å². The zero-order valence-electron chi connectivity index (χ0n) is 51.3. The van der Waals surface area contributed by atoms with Crippen LogP contribution in [0.4, 0.5) is 31.5 Å². The van der Waals surface area contributed by atoms with Gasteiger partial charge in [0.15, 0.2) is 0 Å². The highest BCUT2D eigenvalue weighted by molar-refractivity contribution is 6.09. The first-order valence-electron chi connectivity index (χ1n) is 30.4. The molecular formula is C80H72F2N4O. The Bertz CT molecular complexity index is 4480. The molecule has 0 amide bonds. The molecule has 0 unspecified atom stereocenters. The fraction of sp³-hybridized carbons (Fsp3) is 0.188. The van der Waals surface area contributed by atoms with E-state index in [2.05, 4.69) is 290 Å². The SMILES string of the molecule is CC(C)c1cc(-c2cc(C(C)(C)C)cc(-c3cc(F)cc(F)c3)c2N2CN(c3cc(Oc4ccc5c6ccccc6n(-c6cc(C(C)(C)C)ccn6)c5c4)cc(-c4c(-c5ccccc5)cccc4-c4ccccc4)c3)c3ccccc32)cc(C(C)C)c1. The van der Waals surface area contributed by atoms with Crippen molar-refractivity contribution in [1.29, 1.82) is 0 Å². The van der Waals surface area contributed by atoms with Crippen LogP contribution in [0.15, 0.2) is 231 Å². The van der Waals surface area contributed by atoms with E-state index in [9.17, 15) is 0 Å². The molecule has 0 bridgehead atoms. The van der Waals surface area contributed by atoms with Crippen LogP contribution >= 0.6 is 0 Å². The molecule has 0 saturated carbocycles. The summed E-state index contributed by atoms with van der Waals surface area (Å²) in [6, 6.07) is 77.4. The van der Waals surface area contributed by atoms with Gasteiger partial charge in [-0.15, -0.1) is 0 Å². The summed E-state index contributed by atoms with van der Waals surface area (Å²) in [4.78, 5) is 9.70. The fourth-order valence-corrected chi connectivity index (χ4v) is 12.6. The molecule has 1 aliphatic heterocycles. The molecule has 10 aromatic carbocycles. The third-order valence-corrected chi connectivity index (χ3v) is 17.2. The van der Waals surface area contributed by atoms with E-state index in [1.54, 1.807) is 0 Å². The second kappa shape index (κ2) is 22.4. The first kappa shape index (κ1) is 56.5. The van der Waals surface area contributed by atoms with Gasteiger partial charge in [0.1, 0.15) is 35.6 Å². The van der Waals surface area contributed by atoms with E-state index >= 15 is 8.78 Å². The van der Waals surface area contributed by atoms with Crippen molar-refractivity contribution in [2.45, 2.75) is 91.9 Å². The Morgan fingerprint density at radius 1 is 0.425 bits per heavy atom. The standard InChI is InChI=1S/C80H72F2N4O/c1-50(2)54-36-55(51(3)4)38-56(37-54)70-43-60(80(8,9)10)44-71(57-39-61(81)46-62(82)40-57)78(70)85-49-84(73-30-19-20-31-74(73)85)63-41-58(77-66(52-22-13-11-14-23-52)27-21-28-67(77)53-24-15-12-16-25-53)42-65(47-63)87-64-32-33-69-68-26-17-18-29-72(68)86(75(69)48-64)76-45-59(34-35-83-76)79(5,6)7/h11-48,50-51H,49H2,1-10H3. The van der Waals surface area contributed by atoms with E-state index in [1.165, 1.54) is 28.8 Å². The lowest BCUT2D eigenvalue weighted by atomic mass is 9.81. The number of benzene rings is 10. The zero-order chi connectivity index (χ0) is 60.5. The summed E-state index contributed by atoms with van der Waals surface area (Å²) in [7, 11) is 0. The van der Waals surface area contributed by atoms with Gasteiger partial charge < -0.3 is 14.5 Å². The molecule has 0 radical (unpaired) electrons. The van der Waals surface area contributed by atoms with Crippen LogP contribution in [0.5, 0.6) is 11.5 Å². The number of hydrogen-bond donors (Lipinski definition) is 0. The van der Waals surface area contributed by atoms with E-state index in [-0.39, 0.29) is 22.7 Å². The number of rotatable bonds is 12. The van der Waals surface area contributed by atoms with Crippen LogP contribution in [0.3, 0.4) is 0 Å². The van der Waals surface area contributed by atoms with Crippen LogP contribution in [-0.2, 0) is 10.8 Å². The number of halogens is 2. The minimum atomic E-state index is -0.631. The summed E-state index contributed by atoms with van der Waals surface area (Å²) < 4.78 is 41.3. The van der Waals surface area contributed by atoms with Crippen LogP contribution in [0, 0.1) is 11.6 Å². The van der Waals surface area contributed by atoms with Gasteiger partial charge in [0.2, 0.25) is 0 Å². The Morgan fingerprint density at radius 2 is 0.989 bits per heavy atom. The van der Waals surface area contributed by atoms with Gasteiger partial charge >= 0.3 is 0 Å². The first-order valence-corrected chi connectivity index (χ1v) is 30.4. The maximum absolute atomic E-state index is 15.8. The smallest absolute Gasteiger partial charge is 0.137 e. The Hall–Kier alpha value is -9.59. The minimum Gasteiger partial charge on any atom is -0.457 e. The Balaban J connectivity index is 1.05. The van der Waals surface area contributed by atoms with Gasteiger partial charge in [-0.3, -0.25) is 4.57 Å². The second-order valence-corrected chi connectivity index (χ2v) is 26.0. The van der Waals surface area contributed by atoms with Crippen molar-refractivity contribution < 1.29 is 13.5 Å². The molecule has 87 heavy (non-hydrogen) atoms. The highest BCUT2D eigenvalue weighted by atomic mass is 19.1. The van der Waals surface area contributed by atoms with Crippen LogP contribution in [0.1, 0.15) is 103 Å². The predicted molar refractivity (Wildman–Crippen MR) is 360 cm³/mol. The van der Waals surface area contributed by atoms with Gasteiger partial charge in [0.25, 0.3) is 0 Å². The van der Waals surface area contributed by atoms with E-state index in [4.69, 9.17) is 9.72 Å². The van der Waals surface area contributed by atoms with Crippen molar-refractivity contribution in [3.8, 4) is 73.0 Å². The Labute approximate surface area is 510 Å². The molecular weight excluding hydrogens is 1070 g/mol. The van der Waals surface area contributed by atoms with Crippen LogP contribution in [0.25, 0.3) is 83.3 Å². The van der Waals surface area contributed by atoms with E-state index in [1.807, 2.05) is 6.20 Å². The van der Waals surface area contributed by atoms with Gasteiger partial charge in [-0.25, -0.2) is 13.8 Å². The van der Waals surface area contributed by atoms with Gasteiger partial charge in [-0.1, -0.05) is 197 Å². The summed E-state index contributed by atoms with van der Waals surface area (Å²) in [5.41, 5.74) is 19.6. The first-order chi connectivity index (χ1) is 41.8. The highest BCUT2D eigenvalue weighted by Gasteiger charge is 2.34. The number of para-hydroxylation sites is 3. The number of fused-ring (bicyclic) bond motifs is 4. The molecule has 1 aliphatic rings. The quantitative estimate of drug-likeness (QED) is 0.122. The summed E-state index contributed by atoms with van der Waals surface area (Å²) in [6.45, 7) is 22.6. The average Bonchev–Trinajstić information content (AvgIpc) is 1.73. The maximum Gasteiger partial charge on any atom is 0.137 e. The largest absolute Gasteiger partial charge is 0.457 e. The molecule has 0 fully saturated rings. The van der Waals surface area contributed by atoms with Crippen LogP contribution in [0.2, 0.25) is 0 Å². The third kappa shape index (κ3) is 10.9. The lowest BCUT2D eigenvalue weighted by Gasteiger charge is -2.31. The van der Waals surface area contributed by atoms with Gasteiger partial charge in [0, 0.05) is 52.0 Å². The van der Waals surface area contributed by atoms with Gasteiger partial charge in [-0.2, -0.15) is 0 Å². The molecule has 13 rings (SSSR count). The number of ether oxygens (including phenoxy) is 1. The van der Waals surface area contributed by atoms with Crippen LogP contribution < -0.4 is 14.5 Å². The van der Waals surface area contributed by atoms with Gasteiger partial charge in [-0.05, 0) is 168 Å². The lowest BCUT2D eigenvalue weighted by molar-refractivity contribution is 0.483. The summed E-state index contributed by atoms with van der Waals surface area (Å²) in [5.74, 6) is 1.40. The molecule has 0 atom stereocenters. The van der Waals surface area contributed by atoms with Crippen molar-refractivity contribution in [2.75, 3.05) is 16.5 Å². The maximum atomic E-state index is 15.8. The molecule has 0 N–H and O–H groups in total. The van der Waals surface area contributed by atoms with Crippen molar-refractivity contribution >= 4 is 44.6 Å². The van der Waals surface area contributed by atoms with Crippen molar-refractivity contribution in [3.05, 3.63) is 265 Å². The number of aromatic nitrogens is 2. The summed E-state index contributed by atoms with van der Waals surface area (Å²) in [6.07, 6.45) is 1.91. The van der Waals surface area contributed by atoms with Crippen molar-refractivity contribution in [3.63, 3.8) is 0 Å². The molecule has 12 aromatic rings. The molecule has 0 saturated heterocycles. The molecule has 432 valence electrons. The van der Waals surface area contributed by atoms with Crippen molar-refractivity contribution in [1.82, 2.24) is 9.55 Å². The van der Waals surface area contributed by atoms with E-state index in [0.717, 1.165) is 112 Å². The Kier molecular flexibility index (Phi) is 14.5. The fourth-order valence-electron chi connectivity index (χ4n) is 12.6.